The van der Waals surface area contributed by atoms with Crippen LogP contribution < -0.4 is 15.8 Å². The Labute approximate surface area is 201 Å². The molecule has 1 aliphatic carbocycles. The largest absolute Gasteiger partial charge is 0.330 e. The molecule has 6 heteroatoms. The quantitative estimate of drug-likeness (QED) is 0.215. The van der Waals surface area contributed by atoms with E-state index in [1.807, 2.05) is 59.0 Å². The molecule has 32 heavy (non-hydrogen) atoms. The summed E-state index contributed by atoms with van der Waals surface area (Å²) in [6.07, 6.45) is 8.96. The molecule has 0 radical (unpaired) electrons. The fraction of sp³-hybridized carbons (Fsp3) is 0.692. The number of carbonyl (C=O) groups is 2. The molecule has 0 heterocycles. The molecule has 0 spiro atoms. The van der Waals surface area contributed by atoms with Gasteiger partial charge >= 0.3 is 0 Å². The zero-order chi connectivity index (χ0) is 24.2. The molecule has 5 nitrogen and oxygen atoms in total. The molecule has 1 fully saturated rings. The summed E-state index contributed by atoms with van der Waals surface area (Å²) in [6, 6.07) is 7.54. The maximum absolute atomic E-state index is 11.7. The van der Waals surface area contributed by atoms with Gasteiger partial charge in [-0.3, -0.25) is 14.3 Å². The third-order valence-electron chi connectivity index (χ3n) is 5.50. The molecule has 1 saturated carbocycles. The fourth-order valence-corrected chi connectivity index (χ4v) is 4.36. The minimum absolute atomic E-state index is 0.223. The molecular weight excluding hydrogens is 418 g/mol. The minimum Gasteiger partial charge on any atom is -0.330 e. The first-order valence-corrected chi connectivity index (χ1v) is 13.2. The maximum Gasteiger partial charge on any atom is 0.150 e. The first-order chi connectivity index (χ1) is 15.5. The van der Waals surface area contributed by atoms with Gasteiger partial charge in [-0.1, -0.05) is 46.2 Å². The van der Waals surface area contributed by atoms with Crippen molar-refractivity contribution >= 4 is 24.0 Å². The van der Waals surface area contributed by atoms with Crippen molar-refractivity contribution < 1.29 is 9.59 Å². The molecule has 0 aromatic heterocycles. The van der Waals surface area contributed by atoms with Crippen LogP contribution in [0.15, 0.2) is 29.2 Å². The number of ketones is 1. The van der Waals surface area contributed by atoms with E-state index in [1.165, 1.54) is 19.3 Å². The van der Waals surface area contributed by atoms with Crippen molar-refractivity contribution in [3.8, 4) is 0 Å². The smallest absolute Gasteiger partial charge is 0.150 e. The summed E-state index contributed by atoms with van der Waals surface area (Å²) in [5.74, 6) is 1.87. The van der Waals surface area contributed by atoms with E-state index in [4.69, 9.17) is 5.73 Å². The average Bonchev–Trinajstić information content (AvgIpc) is 2.83. The van der Waals surface area contributed by atoms with Gasteiger partial charge in [0.1, 0.15) is 12.1 Å². The Morgan fingerprint density at radius 2 is 1.72 bits per heavy atom. The average molecular weight is 466 g/mol. The number of nitrogens with two attached hydrogens (primary N) is 1. The number of nitrogens with one attached hydrogen (secondary N) is 2. The number of unbranched alkanes of at least 4 members (excludes halogenated alkanes) is 2. The molecule has 0 atom stereocenters. The highest BCUT2D eigenvalue weighted by molar-refractivity contribution is 7.97. The standard InChI is InChI=1S/C12H18N2OS.C12H23NO.C2H6/c13-8-2-1-3-9-14-16-12-6-4-11(10-15)5-7-12;1-9(2)12(14)11-6-4-10(5-7-11)8-13-3;1-2/h4-7,10,14H,1-3,8-9,13H2;9-11,13H,4-8H2,1-3H3;1-2H3. The normalized spacial score (nSPS) is 17.6. The maximum atomic E-state index is 11.7. The number of Topliss-reactive ketones (excluding diaryl/α,β-unsaturated/α-hetero) is 1. The van der Waals surface area contributed by atoms with Crippen LogP contribution in [0.3, 0.4) is 0 Å². The van der Waals surface area contributed by atoms with Crippen LogP contribution in [-0.4, -0.2) is 38.8 Å². The van der Waals surface area contributed by atoms with Gasteiger partial charge < -0.3 is 11.1 Å². The summed E-state index contributed by atoms with van der Waals surface area (Å²) in [6.45, 7) is 10.9. The van der Waals surface area contributed by atoms with Crippen LogP contribution in [0.5, 0.6) is 0 Å². The first-order valence-electron chi connectivity index (χ1n) is 12.3. The number of carbonyl (C=O) groups excluding carboxylic acids is 2. The fourth-order valence-electron chi connectivity index (χ4n) is 3.68. The summed E-state index contributed by atoms with van der Waals surface area (Å²) in [7, 11) is 2.01. The lowest BCUT2D eigenvalue weighted by Gasteiger charge is -2.28. The Morgan fingerprint density at radius 1 is 1.09 bits per heavy atom. The van der Waals surface area contributed by atoms with Crippen LogP contribution in [0, 0.1) is 17.8 Å². The van der Waals surface area contributed by atoms with Gasteiger partial charge in [-0.2, -0.15) is 0 Å². The number of aldehydes is 1. The van der Waals surface area contributed by atoms with E-state index in [2.05, 4.69) is 10.0 Å². The highest BCUT2D eigenvalue weighted by Crippen LogP contribution is 2.30. The highest BCUT2D eigenvalue weighted by Gasteiger charge is 2.26. The number of benzene rings is 1. The SMILES string of the molecule is CC.CNCC1CCC(C(=O)C(C)C)CC1.NCCCCCNSc1ccc(C=O)cc1. The molecule has 1 aromatic rings. The molecule has 0 bridgehead atoms. The molecule has 2 rings (SSSR count). The van der Waals surface area contributed by atoms with Crippen molar-refractivity contribution in [2.45, 2.75) is 77.5 Å². The van der Waals surface area contributed by atoms with Crippen molar-refractivity contribution in [3.05, 3.63) is 29.8 Å². The third kappa shape index (κ3) is 14.0. The van der Waals surface area contributed by atoms with Gasteiger partial charge in [0.15, 0.2) is 0 Å². The van der Waals surface area contributed by atoms with Crippen LogP contribution in [0.2, 0.25) is 0 Å². The lowest BCUT2D eigenvalue weighted by molar-refractivity contribution is -0.127. The van der Waals surface area contributed by atoms with Gasteiger partial charge in [-0.15, -0.1) is 0 Å². The predicted molar refractivity (Wildman–Crippen MR) is 139 cm³/mol. The highest BCUT2D eigenvalue weighted by atomic mass is 32.2. The zero-order valence-corrected chi connectivity index (χ0v) is 21.8. The molecule has 0 saturated heterocycles. The Balaban J connectivity index is 0.000000561. The number of hydrogen-bond acceptors (Lipinski definition) is 6. The van der Waals surface area contributed by atoms with E-state index < -0.39 is 0 Å². The number of rotatable bonds is 12. The van der Waals surface area contributed by atoms with E-state index in [1.54, 1.807) is 11.9 Å². The molecule has 4 N–H and O–H groups in total. The van der Waals surface area contributed by atoms with Gasteiger partial charge in [-0.05, 0) is 88.7 Å². The van der Waals surface area contributed by atoms with Gasteiger partial charge in [0.2, 0.25) is 0 Å². The summed E-state index contributed by atoms with van der Waals surface area (Å²) >= 11 is 1.60. The molecule has 0 amide bonds. The topological polar surface area (TPSA) is 84.2 Å². The molecule has 1 aromatic carbocycles. The Bertz CT molecular complexity index is 585. The third-order valence-corrected chi connectivity index (χ3v) is 6.36. The van der Waals surface area contributed by atoms with Gasteiger partial charge in [-0.25, -0.2) is 0 Å². The second kappa shape index (κ2) is 20.4. The molecule has 0 unspecified atom stereocenters. The van der Waals surface area contributed by atoms with Crippen LogP contribution in [0.4, 0.5) is 0 Å². The molecule has 1 aliphatic rings. The van der Waals surface area contributed by atoms with E-state index in [0.717, 1.165) is 62.4 Å². The van der Waals surface area contributed by atoms with Crippen LogP contribution >= 0.6 is 11.9 Å². The zero-order valence-electron chi connectivity index (χ0n) is 21.0. The van der Waals surface area contributed by atoms with Crippen molar-refractivity contribution in [1.82, 2.24) is 10.0 Å². The Morgan fingerprint density at radius 3 is 2.22 bits per heavy atom. The molecule has 184 valence electrons. The van der Waals surface area contributed by atoms with Crippen molar-refractivity contribution in [2.24, 2.45) is 23.5 Å². The van der Waals surface area contributed by atoms with E-state index in [0.29, 0.717) is 17.3 Å². The van der Waals surface area contributed by atoms with E-state index in [9.17, 15) is 9.59 Å². The van der Waals surface area contributed by atoms with E-state index in [-0.39, 0.29) is 5.92 Å². The Hall–Kier alpha value is -1.21. The van der Waals surface area contributed by atoms with Gasteiger partial charge in [0.05, 0.1) is 0 Å². The second-order valence-electron chi connectivity index (χ2n) is 8.37. The summed E-state index contributed by atoms with van der Waals surface area (Å²) < 4.78 is 3.29. The molecular formula is C26H47N3O2S. The minimum atomic E-state index is 0.223. The van der Waals surface area contributed by atoms with Crippen LogP contribution in [0.25, 0.3) is 0 Å². The summed E-state index contributed by atoms with van der Waals surface area (Å²) in [4.78, 5) is 23.3. The lowest BCUT2D eigenvalue weighted by Crippen LogP contribution is -2.28. The second-order valence-corrected chi connectivity index (χ2v) is 9.33. The predicted octanol–water partition coefficient (Wildman–Crippen LogP) is 5.49. The summed E-state index contributed by atoms with van der Waals surface area (Å²) in [5.41, 5.74) is 6.12. The van der Waals surface area contributed by atoms with E-state index >= 15 is 0 Å². The Kier molecular flexibility index (Phi) is 19.6. The van der Waals surface area contributed by atoms with Crippen molar-refractivity contribution in [3.63, 3.8) is 0 Å². The number of hydrogen-bond donors (Lipinski definition) is 3. The van der Waals surface area contributed by atoms with Crippen LogP contribution in [-0.2, 0) is 4.79 Å². The van der Waals surface area contributed by atoms with Crippen LogP contribution in [0.1, 0.15) is 83.0 Å². The van der Waals surface area contributed by atoms with Gasteiger partial charge in [0.25, 0.3) is 0 Å². The monoisotopic (exact) mass is 465 g/mol. The summed E-state index contributed by atoms with van der Waals surface area (Å²) in [5, 5.41) is 3.22. The van der Waals surface area contributed by atoms with Crippen molar-refractivity contribution in [2.75, 3.05) is 26.7 Å². The van der Waals surface area contributed by atoms with Gasteiger partial charge in [0, 0.05) is 28.8 Å². The lowest BCUT2D eigenvalue weighted by atomic mass is 9.78. The first kappa shape index (κ1) is 30.8. The van der Waals surface area contributed by atoms with Crippen molar-refractivity contribution in [1.29, 1.82) is 0 Å². The molecule has 0 aliphatic heterocycles.